The lowest BCUT2D eigenvalue weighted by atomic mass is 10.0. The second kappa shape index (κ2) is 11.9. The molecule has 2 atom stereocenters. The summed E-state index contributed by atoms with van der Waals surface area (Å²) in [7, 11) is 0. The molecular formula is C27H29N7O8S2. The van der Waals surface area contributed by atoms with Gasteiger partial charge in [0, 0.05) is 16.7 Å². The normalized spacial score (nSPS) is 18.8. The van der Waals surface area contributed by atoms with Crippen molar-refractivity contribution in [3.05, 3.63) is 46.6 Å². The second-order valence-electron chi connectivity index (χ2n) is 11.0. The van der Waals surface area contributed by atoms with Crippen LogP contribution in [0, 0.1) is 5.92 Å². The SMILES string of the molecule is CC(C)Cc1nc2c(ccc[n+]2CC2=C(C(=O)[O-])N3C(=O)C(NC(=O)C(=NOC(C)(C)C(=O)O)c4csc(N)n4)[C@@H]3SC2)o1. The number of carboxylic acids is 2. The lowest BCUT2D eigenvalue weighted by Gasteiger charge is -2.50. The van der Waals surface area contributed by atoms with Crippen LogP contribution < -0.4 is 20.7 Å². The van der Waals surface area contributed by atoms with Gasteiger partial charge in [-0.15, -0.1) is 23.1 Å². The second-order valence-corrected chi connectivity index (χ2v) is 13.0. The average molecular weight is 644 g/mol. The van der Waals surface area contributed by atoms with E-state index in [1.807, 2.05) is 13.8 Å². The Morgan fingerprint density at radius 3 is 2.75 bits per heavy atom. The molecule has 44 heavy (non-hydrogen) atoms. The van der Waals surface area contributed by atoms with Gasteiger partial charge in [0.2, 0.25) is 11.2 Å². The number of aromatic nitrogens is 3. The fraction of sp³-hybridized carbons (Fsp3) is 0.407. The van der Waals surface area contributed by atoms with Crippen LogP contribution in [-0.4, -0.2) is 72.2 Å². The Bertz CT molecular complexity index is 1730. The Labute approximate surface area is 258 Å². The van der Waals surface area contributed by atoms with Crippen LogP contribution in [-0.2, 0) is 37.0 Å². The topological polar surface area (TPSA) is 217 Å². The van der Waals surface area contributed by atoms with Gasteiger partial charge in [0.1, 0.15) is 23.7 Å². The van der Waals surface area contributed by atoms with Crippen molar-refractivity contribution in [1.29, 1.82) is 0 Å². The molecule has 15 nitrogen and oxygen atoms in total. The number of amides is 2. The number of oxazole rings is 1. The summed E-state index contributed by atoms with van der Waals surface area (Å²) in [5.74, 6) is -3.28. The fourth-order valence-corrected chi connectivity index (χ4v) is 6.44. The minimum absolute atomic E-state index is 0.0133. The Balaban J connectivity index is 1.38. The van der Waals surface area contributed by atoms with Gasteiger partial charge >= 0.3 is 17.5 Å². The first-order valence-corrected chi connectivity index (χ1v) is 15.4. The highest BCUT2D eigenvalue weighted by molar-refractivity contribution is 8.00. The van der Waals surface area contributed by atoms with Crippen molar-refractivity contribution in [3.63, 3.8) is 0 Å². The number of β-lactam (4-membered cyclic amide) rings is 1. The molecular weight excluding hydrogens is 614 g/mol. The van der Waals surface area contributed by atoms with E-state index in [4.69, 9.17) is 15.0 Å². The van der Waals surface area contributed by atoms with Crippen molar-refractivity contribution in [2.45, 2.75) is 57.7 Å². The predicted molar refractivity (Wildman–Crippen MR) is 156 cm³/mol. The number of aliphatic carboxylic acids is 2. The number of nitrogens with zero attached hydrogens (tertiary/aromatic N) is 5. The lowest BCUT2D eigenvalue weighted by Crippen LogP contribution is -2.71. The number of hydrogen-bond donors (Lipinski definition) is 3. The maximum absolute atomic E-state index is 13.3. The highest BCUT2D eigenvalue weighted by Crippen LogP contribution is 2.40. The summed E-state index contributed by atoms with van der Waals surface area (Å²) in [6, 6.07) is 2.43. The third kappa shape index (κ3) is 5.96. The number of anilines is 1. The number of thioether (sulfide) groups is 1. The number of fused-ring (bicyclic) bond motifs is 2. The first-order valence-electron chi connectivity index (χ1n) is 13.4. The van der Waals surface area contributed by atoms with Gasteiger partial charge in [0.25, 0.3) is 11.8 Å². The van der Waals surface area contributed by atoms with Crippen molar-refractivity contribution in [2.75, 3.05) is 11.5 Å². The van der Waals surface area contributed by atoms with E-state index in [2.05, 4.69) is 20.4 Å². The molecule has 2 aliphatic rings. The quantitative estimate of drug-likeness (QED) is 0.109. The van der Waals surface area contributed by atoms with Gasteiger partial charge in [-0.05, 0) is 36.9 Å². The summed E-state index contributed by atoms with van der Waals surface area (Å²) in [6.45, 7) is 6.70. The molecule has 2 aliphatic heterocycles. The molecule has 1 fully saturated rings. The first kappa shape index (κ1) is 30.9. The third-order valence-corrected chi connectivity index (χ3v) is 8.81. The third-order valence-electron chi connectivity index (χ3n) is 6.80. The lowest BCUT2D eigenvalue weighted by molar-refractivity contribution is -0.665. The molecule has 2 amide bonds. The highest BCUT2D eigenvalue weighted by atomic mass is 32.2. The molecule has 1 unspecified atom stereocenters. The molecule has 1 saturated heterocycles. The smallest absolute Gasteiger partial charge is 0.370 e. The molecule has 3 aromatic heterocycles. The zero-order chi connectivity index (χ0) is 31.9. The Kier molecular flexibility index (Phi) is 8.35. The summed E-state index contributed by atoms with van der Waals surface area (Å²) in [6.07, 6.45) is 2.39. The maximum atomic E-state index is 13.3. The van der Waals surface area contributed by atoms with Gasteiger partial charge < -0.3 is 35.3 Å². The van der Waals surface area contributed by atoms with Crippen LogP contribution in [0.2, 0.25) is 0 Å². The predicted octanol–water partition coefficient (Wildman–Crippen LogP) is 0.0405. The summed E-state index contributed by atoms with van der Waals surface area (Å²) < 4.78 is 7.61. The molecule has 4 N–H and O–H groups in total. The summed E-state index contributed by atoms with van der Waals surface area (Å²) in [5.41, 5.74) is 4.80. The number of pyridine rings is 1. The van der Waals surface area contributed by atoms with Crippen LogP contribution in [0.1, 0.15) is 39.3 Å². The summed E-state index contributed by atoms with van der Waals surface area (Å²) >= 11 is 2.29. The van der Waals surface area contributed by atoms with Crippen LogP contribution in [0.3, 0.4) is 0 Å². The molecule has 5 rings (SSSR count). The summed E-state index contributed by atoms with van der Waals surface area (Å²) in [5, 5.41) is 28.8. The van der Waals surface area contributed by atoms with Crippen molar-refractivity contribution < 1.29 is 43.2 Å². The van der Waals surface area contributed by atoms with Crippen LogP contribution in [0.4, 0.5) is 5.13 Å². The van der Waals surface area contributed by atoms with E-state index < -0.39 is 46.5 Å². The standard InChI is InChI=1S/C27H29N7O8S2/c1-12(2)8-16-30-20-15(41-16)6-5-7-33(20)9-13-10-43-23-18(22(36)34(23)19(13)24(37)38)31-21(35)17(14-11-44-26(28)29-14)32-42-27(3,4)25(39)40/h5-7,11-12,18,23H,8-10H2,1-4H3,(H4-,28,29,31,35,37,38,39,40)/t18?,23-/m0/s1. The number of rotatable bonds is 11. The number of nitrogens with one attached hydrogen (secondary N) is 1. The van der Waals surface area contributed by atoms with Gasteiger partial charge in [-0.25, -0.2) is 14.3 Å². The Morgan fingerprint density at radius 2 is 2.11 bits per heavy atom. The Morgan fingerprint density at radius 1 is 1.36 bits per heavy atom. The minimum Gasteiger partial charge on any atom is -0.543 e. The van der Waals surface area contributed by atoms with Crippen LogP contribution in [0.5, 0.6) is 0 Å². The van der Waals surface area contributed by atoms with E-state index in [1.165, 1.54) is 31.0 Å². The molecule has 0 radical (unpaired) electrons. The fourth-order valence-electron chi connectivity index (χ4n) is 4.56. The molecule has 0 aliphatic carbocycles. The van der Waals surface area contributed by atoms with E-state index in [0.717, 1.165) is 16.2 Å². The summed E-state index contributed by atoms with van der Waals surface area (Å²) in [4.78, 5) is 65.2. The first-order chi connectivity index (χ1) is 20.8. The highest BCUT2D eigenvalue weighted by Gasteiger charge is 2.53. The minimum atomic E-state index is -1.77. The van der Waals surface area contributed by atoms with Crippen molar-refractivity contribution in [3.8, 4) is 0 Å². The van der Waals surface area contributed by atoms with Crippen molar-refractivity contribution in [2.24, 2.45) is 11.1 Å². The van der Waals surface area contributed by atoms with Crippen molar-refractivity contribution in [1.82, 2.24) is 20.2 Å². The molecule has 3 aromatic rings. The number of carboxylic acid groups (broad SMARTS) is 2. The molecule has 5 heterocycles. The van der Waals surface area contributed by atoms with E-state index >= 15 is 0 Å². The maximum Gasteiger partial charge on any atom is 0.370 e. The number of thiazole rings is 1. The number of carbonyl (C=O) groups excluding carboxylic acids is 3. The zero-order valence-corrected chi connectivity index (χ0v) is 25.7. The molecule has 0 spiro atoms. The molecule has 17 heteroatoms. The number of oxime groups is 1. The van der Waals surface area contributed by atoms with E-state index in [9.17, 15) is 29.4 Å². The van der Waals surface area contributed by atoms with Gasteiger partial charge in [-0.3, -0.25) is 14.5 Å². The van der Waals surface area contributed by atoms with Gasteiger partial charge in [0.15, 0.2) is 10.8 Å². The van der Waals surface area contributed by atoms with Crippen LogP contribution in [0.15, 0.2) is 44.6 Å². The van der Waals surface area contributed by atoms with Crippen molar-refractivity contribution >= 4 is 68.9 Å². The number of hydrogen-bond acceptors (Lipinski definition) is 13. The molecule has 232 valence electrons. The largest absolute Gasteiger partial charge is 0.543 e. The molecule has 0 saturated carbocycles. The monoisotopic (exact) mass is 643 g/mol. The molecule has 0 bridgehead atoms. The van der Waals surface area contributed by atoms with Gasteiger partial charge in [0.05, 0.1) is 24.3 Å². The number of carbonyl (C=O) groups is 4. The average Bonchev–Trinajstić information content (AvgIpc) is 3.56. The zero-order valence-electron chi connectivity index (χ0n) is 24.1. The van der Waals surface area contributed by atoms with E-state index in [0.29, 0.717) is 35.0 Å². The van der Waals surface area contributed by atoms with Gasteiger partial charge in [-0.2, -0.15) is 0 Å². The molecule has 0 aromatic carbocycles. The van der Waals surface area contributed by atoms with E-state index in [-0.39, 0.29) is 28.8 Å². The van der Waals surface area contributed by atoms with Crippen LogP contribution in [0.25, 0.3) is 11.2 Å². The van der Waals surface area contributed by atoms with E-state index in [1.54, 1.807) is 22.9 Å². The Hall–Kier alpha value is -4.51. The number of nitrogens with two attached hydrogens (primary N) is 1. The van der Waals surface area contributed by atoms with Gasteiger partial charge in [-0.1, -0.05) is 19.0 Å². The number of nitrogen functional groups attached to an aromatic ring is 1. The van der Waals surface area contributed by atoms with Crippen LogP contribution >= 0.6 is 23.1 Å².